The maximum atomic E-state index is 6.15. The average molecular weight is 407 g/mol. The Hall–Kier alpha value is -2.53. The number of ether oxygens (including phenoxy) is 2. The van der Waals surface area contributed by atoms with Gasteiger partial charge < -0.3 is 18.8 Å². The summed E-state index contributed by atoms with van der Waals surface area (Å²) in [5, 5.41) is 1.18. The van der Waals surface area contributed by atoms with E-state index in [4.69, 9.17) is 18.9 Å². The van der Waals surface area contributed by atoms with Crippen molar-refractivity contribution < 1.29 is 13.9 Å². The number of likely N-dealkylation sites (tertiary alicyclic amines) is 1. The largest absolute Gasteiger partial charge is 0.493 e. The molecule has 2 aliphatic rings. The minimum absolute atomic E-state index is 0.688. The third-order valence-corrected chi connectivity index (χ3v) is 6.39. The highest BCUT2D eigenvalue weighted by Crippen LogP contribution is 2.40. The first-order chi connectivity index (χ1) is 14.7. The van der Waals surface area contributed by atoms with Crippen LogP contribution in [0.2, 0.25) is 0 Å². The van der Waals surface area contributed by atoms with E-state index in [1.54, 1.807) is 7.11 Å². The fourth-order valence-electron chi connectivity index (χ4n) is 4.89. The average Bonchev–Trinajstić information content (AvgIpc) is 3.51. The third kappa shape index (κ3) is 3.67. The van der Waals surface area contributed by atoms with Crippen LogP contribution in [0.4, 0.5) is 0 Å². The molecule has 2 aromatic heterocycles. The monoisotopic (exact) mass is 406 g/mol. The Morgan fingerprint density at radius 3 is 2.63 bits per heavy atom. The van der Waals surface area contributed by atoms with Crippen molar-refractivity contribution >= 4 is 10.9 Å². The standard InChI is InChI=1S/C25H30N2O3/c1-17-9-10-22(30-17)25-19-8-5-7-18(19)20-15-23(28-2)24(16-21(20)26-25)29-14-6-13-27-11-3-4-12-27/h9-10,15-16H,3-8,11-14H2,1-2H3. The van der Waals surface area contributed by atoms with Gasteiger partial charge in [-0.05, 0) is 87.9 Å². The molecule has 1 aromatic carbocycles. The molecule has 0 amide bonds. The number of aryl methyl sites for hydroxylation is 2. The number of furan rings is 1. The number of nitrogens with zero attached hydrogens (tertiary/aromatic N) is 2. The van der Waals surface area contributed by atoms with Crippen molar-refractivity contribution in [1.82, 2.24) is 9.88 Å². The molecule has 5 nitrogen and oxygen atoms in total. The predicted octanol–water partition coefficient (Wildman–Crippen LogP) is 5.17. The maximum absolute atomic E-state index is 6.15. The van der Waals surface area contributed by atoms with Gasteiger partial charge in [0.2, 0.25) is 0 Å². The lowest BCUT2D eigenvalue weighted by atomic mass is 10.0. The Labute approximate surface area is 178 Å². The van der Waals surface area contributed by atoms with E-state index in [1.165, 1.54) is 42.4 Å². The minimum atomic E-state index is 0.688. The molecule has 0 spiro atoms. The lowest BCUT2D eigenvalue weighted by Crippen LogP contribution is -2.21. The molecule has 1 aliphatic heterocycles. The van der Waals surface area contributed by atoms with Crippen LogP contribution in [0.3, 0.4) is 0 Å². The Morgan fingerprint density at radius 1 is 1.03 bits per heavy atom. The molecule has 30 heavy (non-hydrogen) atoms. The van der Waals surface area contributed by atoms with E-state index < -0.39 is 0 Å². The molecular formula is C25H30N2O3. The summed E-state index contributed by atoms with van der Waals surface area (Å²) in [7, 11) is 1.71. The number of benzene rings is 1. The van der Waals surface area contributed by atoms with Crippen LogP contribution in [0.5, 0.6) is 11.5 Å². The van der Waals surface area contributed by atoms with Gasteiger partial charge in [0.15, 0.2) is 17.3 Å². The van der Waals surface area contributed by atoms with Gasteiger partial charge in [-0.25, -0.2) is 4.98 Å². The molecule has 0 saturated carbocycles. The summed E-state index contributed by atoms with van der Waals surface area (Å²) < 4.78 is 17.8. The van der Waals surface area contributed by atoms with Gasteiger partial charge in [0.1, 0.15) is 11.5 Å². The summed E-state index contributed by atoms with van der Waals surface area (Å²) in [5.41, 5.74) is 4.63. The lowest BCUT2D eigenvalue weighted by Gasteiger charge is -2.17. The summed E-state index contributed by atoms with van der Waals surface area (Å²) in [6, 6.07) is 8.19. The predicted molar refractivity (Wildman–Crippen MR) is 119 cm³/mol. The molecule has 1 aliphatic carbocycles. The first-order valence-electron chi connectivity index (χ1n) is 11.2. The second-order valence-corrected chi connectivity index (χ2v) is 8.45. The smallest absolute Gasteiger partial charge is 0.163 e. The van der Waals surface area contributed by atoms with E-state index in [-0.39, 0.29) is 0 Å². The zero-order valence-electron chi connectivity index (χ0n) is 18.0. The number of aromatic nitrogens is 1. The number of pyridine rings is 1. The molecule has 0 bridgehead atoms. The molecule has 1 saturated heterocycles. The Morgan fingerprint density at radius 2 is 1.87 bits per heavy atom. The third-order valence-electron chi connectivity index (χ3n) is 6.39. The molecule has 158 valence electrons. The van der Waals surface area contributed by atoms with Gasteiger partial charge in [-0.2, -0.15) is 0 Å². The fraction of sp³-hybridized carbons (Fsp3) is 0.480. The van der Waals surface area contributed by atoms with Crippen molar-refractivity contribution in [2.45, 2.75) is 45.4 Å². The van der Waals surface area contributed by atoms with Gasteiger partial charge in [-0.3, -0.25) is 0 Å². The molecule has 0 N–H and O–H groups in total. The first-order valence-corrected chi connectivity index (χ1v) is 11.2. The van der Waals surface area contributed by atoms with Crippen LogP contribution in [0.25, 0.3) is 22.4 Å². The molecule has 3 aromatic rings. The number of methoxy groups -OCH3 is 1. The van der Waals surface area contributed by atoms with E-state index in [2.05, 4.69) is 11.0 Å². The van der Waals surface area contributed by atoms with Crippen LogP contribution >= 0.6 is 0 Å². The maximum Gasteiger partial charge on any atom is 0.163 e. The Balaban J connectivity index is 1.45. The second kappa shape index (κ2) is 8.31. The van der Waals surface area contributed by atoms with E-state index in [0.717, 1.165) is 66.5 Å². The summed E-state index contributed by atoms with van der Waals surface area (Å²) in [6.45, 7) is 6.22. The highest BCUT2D eigenvalue weighted by molar-refractivity contribution is 5.90. The van der Waals surface area contributed by atoms with Crippen LogP contribution in [0.15, 0.2) is 28.7 Å². The zero-order valence-corrected chi connectivity index (χ0v) is 18.0. The van der Waals surface area contributed by atoms with Gasteiger partial charge >= 0.3 is 0 Å². The molecule has 1 fully saturated rings. The summed E-state index contributed by atoms with van der Waals surface area (Å²) in [4.78, 5) is 7.54. The highest BCUT2D eigenvalue weighted by Gasteiger charge is 2.23. The molecule has 5 heteroatoms. The van der Waals surface area contributed by atoms with E-state index in [1.807, 2.05) is 25.1 Å². The van der Waals surface area contributed by atoms with Crippen LogP contribution in [-0.4, -0.2) is 43.2 Å². The van der Waals surface area contributed by atoms with E-state index in [0.29, 0.717) is 6.61 Å². The van der Waals surface area contributed by atoms with Crippen molar-refractivity contribution in [2.75, 3.05) is 33.4 Å². The fourth-order valence-corrected chi connectivity index (χ4v) is 4.89. The molecule has 5 rings (SSSR count). The highest BCUT2D eigenvalue weighted by atomic mass is 16.5. The van der Waals surface area contributed by atoms with Crippen LogP contribution < -0.4 is 9.47 Å². The molecular weight excluding hydrogens is 376 g/mol. The summed E-state index contributed by atoms with van der Waals surface area (Å²) >= 11 is 0. The van der Waals surface area contributed by atoms with Gasteiger partial charge in [0.05, 0.1) is 19.2 Å². The quantitative estimate of drug-likeness (QED) is 0.507. The van der Waals surface area contributed by atoms with Crippen molar-refractivity contribution in [2.24, 2.45) is 0 Å². The topological polar surface area (TPSA) is 47.7 Å². The molecule has 3 heterocycles. The van der Waals surface area contributed by atoms with Crippen molar-refractivity contribution in [3.63, 3.8) is 0 Å². The summed E-state index contributed by atoms with van der Waals surface area (Å²) in [6.07, 6.45) is 6.94. The van der Waals surface area contributed by atoms with E-state index in [9.17, 15) is 0 Å². The number of fused-ring (bicyclic) bond motifs is 3. The SMILES string of the molecule is COc1cc2c3c(c(-c4ccc(C)o4)nc2cc1OCCCN1CCCC1)CCC3. The Kier molecular flexibility index (Phi) is 5.38. The normalized spacial score (nSPS) is 16.3. The van der Waals surface area contributed by atoms with E-state index >= 15 is 0 Å². The molecule has 0 radical (unpaired) electrons. The molecule has 0 atom stereocenters. The number of hydrogen-bond donors (Lipinski definition) is 0. The van der Waals surface area contributed by atoms with Crippen molar-refractivity contribution in [3.8, 4) is 23.0 Å². The number of rotatable bonds is 7. The van der Waals surface area contributed by atoms with Crippen LogP contribution in [0.1, 0.15) is 42.6 Å². The minimum Gasteiger partial charge on any atom is -0.493 e. The lowest BCUT2D eigenvalue weighted by molar-refractivity contribution is 0.254. The zero-order chi connectivity index (χ0) is 20.5. The second-order valence-electron chi connectivity index (χ2n) is 8.45. The van der Waals surface area contributed by atoms with Crippen LogP contribution in [0, 0.1) is 6.92 Å². The van der Waals surface area contributed by atoms with Crippen LogP contribution in [-0.2, 0) is 12.8 Å². The number of hydrogen-bond acceptors (Lipinski definition) is 5. The van der Waals surface area contributed by atoms with Crippen molar-refractivity contribution in [3.05, 3.63) is 41.2 Å². The Bertz CT molecular complexity index is 1050. The van der Waals surface area contributed by atoms with Gasteiger partial charge in [0, 0.05) is 18.0 Å². The summed E-state index contributed by atoms with van der Waals surface area (Å²) in [5.74, 6) is 3.34. The van der Waals surface area contributed by atoms with Gasteiger partial charge in [-0.15, -0.1) is 0 Å². The van der Waals surface area contributed by atoms with Gasteiger partial charge in [0.25, 0.3) is 0 Å². The van der Waals surface area contributed by atoms with Crippen molar-refractivity contribution in [1.29, 1.82) is 0 Å². The molecule has 0 unspecified atom stereocenters. The first kappa shape index (κ1) is 19.4. The van der Waals surface area contributed by atoms with Gasteiger partial charge in [-0.1, -0.05) is 0 Å².